The number of rotatable bonds is 5. The Morgan fingerprint density at radius 1 is 1.43 bits per heavy atom. The number of nitrogen functional groups attached to an aromatic ring is 1. The average Bonchev–Trinajstić information content (AvgIpc) is 2.85. The molecule has 0 spiro atoms. The summed E-state index contributed by atoms with van der Waals surface area (Å²) in [4.78, 5) is 7.00. The number of hydrogen-bond donors (Lipinski definition) is 2. The first-order chi connectivity index (χ1) is 9.89. The molecule has 1 aliphatic heterocycles. The van der Waals surface area contributed by atoms with Crippen LogP contribution in [0.25, 0.3) is 0 Å². The van der Waals surface area contributed by atoms with Crippen molar-refractivity contribution in [2.45, 2.75) is 52.2 Å². The third-order valence-corrected chi connectivity index (χ3v) is 3.72. The number of anilines is 2. The van der Waals surface area contributed by atoms with E-state index < -0.39 is 0 Å². The van der Waals surface area contributed by atoms with Crippen LogP contribution in [0, 0.1) is 0 Å². The zero-order valence-electron chi connectivity index (χ0n) is 13.6. The number of nitrogens with zero attached hydrogens (tertiary/aromatic N) is 2. The number of nitrogens with two attached hydrogens (primary N) is 1. The van der Waals surface area contributed by atoms with Crippen molar-refractivity contribution >= 4 is 11.5 Å². The van der Waals surface area contributed by atoms with Gasteiger partial charge in [0, 0.05) is 12.6 Å². The lowest BCUT2D eigenvalue weighted by Gasteiger charge is -2.24. The van der Waals surface area contributed by atoms with Gasteiger partial charge >= 0.3 is 0 Å². The van der Waals surface area contributed by atoms with Crippen molar-refractivity contribution in [3.8, 4) is 5.88 Å². The summed E-state index contributed by atoms with van der Waals surface area (Å²) in [6.07, 6.45) is 2.54. The van der Waals surface area contributed by atoms with Gasteiger partial charge in [0.25, 0.3) is 0 Å². The van der Waals surface area contributed by atoms with Crippen LogP contribution in [-0.2, 0) is 0 Å². The molecule has 0 radical (unpaired) electrons. The number of likely N-dealkylation sites (tertiary alicyclic amines) is 1. The number of ether oxygens (including phenoxy) is 1. The molecule has 1 atom stereocenters. The van der Waals surface area contributed by atoms with Crippen molar-refractivity contribution in [3.63, 3.8) is 0 Å². The number of hydrogen-bond acceptors (Lipinski definition) is 5. The van der Waals surface area contributed by atoms with Gasteiger partial charge in [-0.2, -0.15) is 4.98 Å². The third kappa shape index (κ3) is 4.49. The van der Waals surface area contributed by atoms with Crippen LogP contribution in [0.2, 0.25) is 0 Å². The summed E-state index contributed by atoms with van der Waals surface area (Å²) in [5.74, 6) is 1.33. The molecule has 0 saturated carbocycles. The maximum atomic E-state index is 5.94. The summed E-state index contributed by atoms with van der Waals surface area (Å²) >= 11 is 0. The Hall–Kier alpha value is -1.49. The van der Waals surface area contributed by atoms with Crippen molar-refractivity contribution in [1.82, 2.24) is 9.88 Å². The Morgan fingerprint density at radius 3 is 2.86 bits per heavy atom. The van der Waals surface area contributed by atoms with Crippen LogP contribution in [0.15, 0.2) is 12.1 Å². The molecule has 1 aliphatic rings. The van der Waals surface area contributed by atoms with E-state index in [0.717, 1.165) is 18.9 Å². The maximum absolute atomic E-state index is 5.94. The number of aromatic nitrogens is 1. The van der Waals surface area contributed by atoms with Gasteiger partial charge in [-0.1, -0.05) is 6.92 Å². The molecule has 0 aliphatic carbocycles. The zero-order valence-corrected chi connectivity index (χ0v) is 13.6. The topological polar surface area (TPSA) is 63.4 Å². The Balaban J connectivity index is 1.99. The largest absolute Gasteiger partial charge is 0.470 e. The molecule has 3 N–H and O–H groups in total. The minimum absolute atomic E-state index is 0.301. The van der Waals surface area contributed by atoms with E-state index >= 15 is 0 Å². The second-order valence-corrected chi connectivity index (χ2v) is 6.61. The molecule has 1 saturated heterocycles. The van der Waals surface area contributed by atoms with Crippen LogP contribution in [0.5, 0.6) is 5.88 Å². The molecular weight excluding hydrogens is 264 g/mol. The van der Waals surface area contributed by atoms with E-state index in [1.54, 1.807) is 0 Å². The molecule has 2 rings (SSSR count). The van der Waals surface area contributed by atoms with E-state index in [2.05, 4.69) is 22.1 Å². The first-order valence-electron chi connectivity index (χ1n) is 7.82. The highest BCUT2D eigenvalue weighted by Crippen LogP contribution is 2.25. The quantitative estimate of drug-likeness (QED) is 0.873. The molecular formula is C16H28N4O. The van der Waals surface area contributed by atoms with Crippen molar-refractivity contribution in [3.05, 3.63) is 12.1 Å². The first kappa shape index (κ1) is 15.9. The summed E-state index contributed by atoms with van der Waals surface area (Å²) in [5.41, 5.74) is 6.21. The van der Waals surface area contributed by atoms with Gasteiger partial charge in [-0.15, -0.1) is 0 Å². The van der Waals surface area contributed by atoms with E-state index in [1.807, 2.05) is 32.9 Å². The van der Waals surface area contributed by atoms with E-state index in [1.165, 1.54) is 19.4 Å². The summed E-state index contributed by atoms with van der Waals surface area (Å²) in [6, 6.07) is 4.36. The van der Waals surface area contributed by atoms with E-state index in [4.69, 9.17) is 10.5 Å². The maximum Gasteiger partial charge on any atom is 0.239 e. The Bertz CT molecular complexity index is 470. The zero-order chi connectivity index (χ0) is 15.5. The Labute approximate surface area is 127 Å². The van der Waals surface area contributed by atoms with Gasteiger partial charge in [-0.25, -0.2) is 0 Å². The van der Waals surface area contributed by atoms with E-state index in [0.29, 0.717) is 17.6 Å². The van der Waals surface area contributed by atoms with Gasteiger partial charge in [0.1, 0.15) is 11.4 Å². The minimum atomic E-state index is -0.301. The molecule has 0 amide bonds. The molecule has 1 aromatic rings. The lowest BCUT2D eigenvalue weighted by Crippen LogP contribution is -2.34. The fraction of sp³-hybridized carbons (Fsp3) is 0.688. The summed E-state index contributed by atoms with van der Waals surface area (Å²) < 4.78 is 5.80. The molecule has 1 fully saturated rings. The Morgan fingerprint density at radius 2 is 2.19 bits per heavy atom. The molecule has 5 nitrogen and oxygen atoms in total. The number of nitrogens with one attached hydrogen (secondary N) is 1. The molecule has 1 aromatic heterocycles. The predicted molar refractivity (Wildman–Crippen MR) is 87.8 cm³/mol. The minimum Gasteiger partial charge on any atom is -0.470 e. The summed E-state index contributed by atoms with van der Waals surface area (Å²) in [7, 11) is 0. The predicted octanol–water partition coefficient (Wildman–Crippen LogP) is 2.74. The van der Waals surface area contributed by atoms with Crippen molar-refractivity contribution < 1.29 is 4.74 Å². The highest BCUT2D eigenvalue weighted by atomic mass is 16.5. The van der Waals surface area contributed by atoms with Gasteiger partial charge in [0.15, 0.2) is 0 Å². The molecule has 0 bridgehead atoms. The summed E-state index contributed by atoms with van der Waals surface area (Å²) in [5, 5.41) is 3.42. The molecule has 0 aromatic carbocycles. The average molecular weight is 292 g/mol. The SMILES string of the molecule is CCN1CCCC1CNc1ccc(N)c(OC(C)(C)C)n1. The second-order valence-electron chi connectivity index (χ2n) is 6.61. The summed E-state index contributed by atoms with van der Waals surface area (Å²) in [6.45, 7) is 11.4. The normalized spacial score (nSPS) is 19.7. The van der Waals surface area contributed by atoms with Gasteiger partial charge in [-0.05, 0) is 58.8 Å². The monoisotopic (exact) mass is 292 g/mol. The van der Waals surface area contributed by atoms with Crippen LogP contribution in [0.4, 0.5) is 11.5 Å². The highest BCUT2D eigenvalue weighted by molar-refractivity contribution is 5.53. The van der Waals surface area contributed by atoms with E-state index in [9.17, 15) is 0 Å². The molecule has 2 heterocycles. The first-order valence-corrected chi connectivity index (χ1v) is 7.82. The van der Waals surface area contributed by atoms with Crippen LogP contribution >= 0.6 is 0 Å². The molecule has 118 valence electrons. The van der Waals surface area contributed by atoms with Gasteiger partial charge in [-0.3, -0.25) is 4.90 Å². The second kappa shape index (κ2) is 6.52. The van der Waals surface area contributed by atoms with Crippen LogP contribution < -0.4 is 15.8 Å². The van der Waals surface area contributed by atoms with Crippen LogP contribution in [0.1, 0.15) is 40.5 Å². The van der Waals surface area contributed by atoms with Crippen LogP contribution in [0.3, 0.4) is 0 Å². The Kier molecular flexibility index (Phi) is 4.93. The highest BCUT2D eigenvalue weighted by Gasteiger charge is 2.22. The molecule has 5 heteroatoms. The van der Waals surface area contributed by atoms with Crippen molar-refractivity contribution in [1.29, 1.82) is 0 Å². The smallest absolute Gasteiger partial charge is 0.239 e. The van der Waals surface area contributed by atoms with E-state index in [-0.39, 0.29) is 5.60 Å². The molecule has 21 heavy (non-hydrogen) atoms. The van der Waals surface area contributed by atoms with Gasteiger partial charge < -0.3 is 15.8 Å². The standard InChI is InChI=1S/C16H28N4O/c1-5-20-10-6-7-12(20)11-18-14-9-8-13(17)15(19-14)21-16(2,3)4/h8-9,12H,5-7,10-11,17H2,1-4H3,(H,18,19). The molecule has 1 unspecified atom stereocenters. The van der Waals surface area contributed by atoms with Crippen molar-refractivity contribution in [2.24, 2.45) is 0 Å². The van der Waals surface area contributed by atoms with Crippen LogP contribution in [-0.4, -0.2) is 41.2 Å². The third-order valence-electron chi connectivity index (χ3n) is 3.72. The fourth-order valence-corrected chi connectivity index (χ4v) is 2.69. The lowest BCUT2D eigenvalue weighted by atomic mass is 10.2. The lowest BCUT2D eigenvalue weighted by molar-refractivity contribution is 0.125. The fourth-order valence-electron chi connectivity index (χ4n) is 2.69. The number of likely N-dealkylation sites (N-methyl/N-ethyl adjacent to an activating group) is 1. The van der Waals surface area contributed by atoms with Gasteiger partial charge in [0.2, 0.25) is 5.88 Å². The number of pyridine rings is 1. The van der Waals surface area contributed by atoms with Crippen molar-refractivity contribution in [2.75, 3.05) is 30.7 Å². The van der Waals surface area contributed by atoms with Gasteiger partial charge in [0.05, 0.1) is 5.69 Å².